The Balaban J connectivity index is -0.000000135. The van der Waals surface area contributed by atoms with Gasteiger partial charge in [-0.1, -0.05) is 34.6 Å². The molecule has 1 heterocycles. The number of ether oxygens (including phenoxy) is 1. The molecule has 7 nitrogen and oxygen atoms in total. The molecule has 0 aromatic rings. The van der Waals surface area contributed by atoms with Crippen molar-refractivity contribution in [2.45, 2.75) is 47.2 Å². The molecule has 0 bridgehead atoms. The third kappa shape index (κ3) is 27.2. The molecule has 0 aliphatic carbocycles. The van der Waals surface area contributed by atoms with Crippen molar-refractivity contribution in [3.8, 4) is 12.8 Å². The number of hydrogen-bond acceptors (Lipinski definition) is 5. The zero-order valence-electron chi connectivity index (χ0n) is 18.3. The summed E-state index contributed by atoms with van der Waals surface area (Å²) >= 11 is 0. The quantitative estimate of drug-likeness (QED) is 0.331. The van der Waals surface area contributed by atoms with Crippen molar-refractivity contribution in [3.63, 3.8) is 0 Å². The first kappa shape index (κ1) is 38.8. The average molecular weight is 453 g/mol. The molecule has 1 N–H and O–H groups in total. The third-order valence-electron chi connectivity index (χ3n) is 2.57. The fraction of sp³-hybridized carbons (Fsp3) is 0.722. The van der Waals surface area contributed by atoms with E-state index in [-0.39, 0.29) is 77.4 Å². The fourth-order valence-electron chi connectivity index (χ4n) is 1.59. The van der Waals surface area contributed by atoms with E-state index in [0.29, 0.717) is 0 Å². The van der Waals surface area contributed by atoms with Gasteiger partial charge in [-0.2, -0.15) is 13.2 Å². The van der Waals surface area contributed by atoms with Crippen molar-refractivity contribution in [3.05, 3.63) is 0 Å². The molecule has 0 spiro atoms. The molecule has 1 rings (SSSR count). The van der Waals surface area contributed by atoms with Gasteiger partial charge in [-0.05, 0) is 12.3 Å². The molecule has 2 amide bonds. The van der Waals surface area contributed by atoms with Crippen molar-refractivity contribution in [2.24, 2.45) is 11.8 Å². The maximum atomic E-state index is 12.3. The van der Waals surface area contributed by atoms with Crippen LogP contribution in [0.25, 0.3) is 0 Å². The largest absolute Gasteiger partial charge is 1.00 e. The number of carbonyl (C=O) groups excluding carboxylic acids is 3. The Bertz CT molecular complexity index is 431. The second kappa shape index (κ2) is 25.2. The molecule has 1 saturated heterocycles. The molecule has 0 aromatic heterocycles. The molecule has 0 unspecified atom stereocenters. The zero-order chi connectivity index (χ0) is 23.3. The number of amides is 2. The smallest absolute Gasteiger partial charge is 0.554 e. The van der Waals surface area contributed by atoms with E-state index < -0.39 is 30.6 Å². The summed E-state index contributed by atoms with van der Waals surface area (Å²) in [4.78, 5) is 31.4. The molecule has 166 valence electrons. The number of carbonyl (C=O) groups is 3. The second-order valence-corrected chi connectivity index (χ2v) is 5.54. The van der Waals surface area contributed by atoms with Gasteiger partial charge in [0.25, 0.3) is 0 Å². The third-order valence-corrected chi connectivity index (χ3v) is 2.57. The van der Waals surface area contributed by atoms with E-state index in [4.69, 9.17) is 9.90 Å². The molecular weight excluding hydrogens is 420 g/mol. The number of likely N-dealkylation sites (tertiary alicyclic amines) is 1. The van der Waals surface area contributed by atoms with Crippen LogP contribution in [0.2, 0.25) is 0 Å². The van der Waals surface area contributed by atoms with E-state index >= 15 is 0 Å². The molecule has 29 heavy (non-hydrogen) atoms. The number of hydrogen-bond donors (Lipinski definition) is 1. The minimum Gasteiger partial charge on any atom is -0.554 e. The van der Waals surface area contributed by atoms with E-state index in [1.807, 2.05) is 13.8 Å². The van der Waals surface area contributed by atoms with Gasteiger partial charge in [0.1, 0.15) is 6.54 Å². The van der Waals surface area contributed by atoms with Crippen molar-refractivity contribution in [2.75, 3.05) is 26.7 Å². The summed E-state index contributed by atoms with van der Waals surface area (Å²) in [6, 6.07) is 0. The Labute approximate surface area is 214 Å². The van der Waals surface area contributed by atoms with Gasteiger partial charge in [-0.25, -0.2) is 4.79 Å². The summed E-state index contributed by atoms with van der Waals surface area (Å²) in [5.74, 6) is -1.17. The van der Waals surface area contributed by atoms with Crippen molar-refractivity contribution >= 4 is 18.5 Å². The van der Waals surface area contributed by atoms with Crippen LogP contribution in [0.3, 0.4) is 0 Å². The predicted octanol–water partition coefficient (Wildman–Crippen LogP) is -0.939. The van der Waals surface area contributed by atoms with Gasteiger partial charge in [-0.3, -0.25) is 4.79 Å². The molecule has 0 saturated carbocycles. The predicted molar refractivity (Wildman–Crippen MR) is 99.0 cm³/mol. The number of alkyl carbamates (subject to hydrolysis) is 1. The van der Waals surface area contributed by atoms with E-state index in [1.54, 1.807) is 0 Å². The SMILES string of the molecule is C#C.CC.CC(C)C.COC(=O)NCC(=O)N1CC[C@@H](C(F)(F)F)C1.O=C[O-].[K+]. The Hall–Kier alpha value is -0.804. The first-order valence-electron chi connectivity index (χ1n) is 8.54. The van der Waals surface area contributed by atoms with Crippen LogP contribution in [0.1, 0.15) is 41.0 Å². The van der Waals surface area contributed by atoms with Crippen LogP contribution in [-0.4, -0.2) is 56.3 Å². The Morgan fingerprint density at radius 3 is 1.93 bits per heavy atom. The molecule has 1 aliphatic rings. The average Bonchev–Trinajstić information content (AvgIpc) is 3.13. The molecule has 1 aliphatic heterocycles. The minimum atomic E-state index is -4.27. The van der Waals surface area contributed by atoms with Gasteiger partial charge in [0, 0.05) is 19.6 Å². The van der Waals surface area contributed by atoms with Crippen LogP contribution in [-0.2, 0) is 14.3 Å². The first-order valence-corrected chi connectivity index (χ1v) is 8.54. The van der Waals surface area contributed by atoms with Crippen molar-refractivity contribution in [1.29, 1.82) is 0 Å². The van der Waals surface area contributed by atoms with Gasteiger partial charge in [0.15, 0.2) is 0 Å². The summed E-state index contributed by atoms with van der Waals surface area (Å²) in [7, 11) is 1.13. The van der Waals surface area contributed by atoms with Crippen LogP contribution in [0, 0.1) is 24.7 Å². The van der Waals surface area contributed by atoms with E-state index in [9.17, 15) is 22.8 Å². The number of methoxy groups -OCH3 is 1. The second-order valence-electron chi connectivity index (χ2n) is 5.54. The van der Waals surface area contributed by atoms with Gasteiger partial charge >= 0.3 is 63.7 Å². The minimum absolute atomic E-state index is 0. The van der Waals surface area contributed by atoms with Crippen LogP contribution < -0.4 is 61.8 Å². The molecular formula is C18H32F3KN2O5. The van der Waals surface area contributed by atoms with Crippen molar-refractivity contribution < 1.29 is 88.8 Å². The van der Waals surface area contributed by atoms with Gasteiger partial charge in [-0.15, -0.1) is 12.8 Å². The standard InChI is InChI=1S/C9H13F3N2O3.C4H10.C2H6.C2H2.CH2O2.K/c1-17-8(16)13-4-7(15)14-3-2-6(5-14)9(10,11)12;1-4(2)3;2*1-2;2-1-3;/h6H,2-5H2,1H3,(H,13,16);4H,1-3H3;1-2H3;1-2H;1H,(H,2,3);/q;;;;;+1/p-1/t6-;;;;;/m1...../s1. The zero-order valence-corrected chi connectivity index (χ0v) is 21.5. The van der Waals surface area contributed by atoms with E-state index in [1.165, 1.54) is 0 Å². The molecule has 1 fully saturated rings. The summed E-state index contributed by atoms with van der Waals surface area (Å²) in [5, 5.41) is 10.4. The first-order chi connectivity index (χ1) is 13.0. The van der Waals surface area contributed by atoms with Crippen LogP contribution >= 0.6 is 0 Å². The Morgan fingerprint density at radius 1 is 1.28 bits per heavy atom. The van der Waals surface area contributed by atoms with Gasteiger partial charge in [0.05, 0.1) is 13.0 Å². The molecule has 0 radical (unpaired) electrons. The summed E-state index contributed by atoms with van der Waals surface area (Å²) in [6.45, 7) is 9.37. The number of nitrogens with one attached hydrogen (secondary N) is 1. The number of nitrogens with zero attached hydrogens (tertiary/aromatic N) is 1. The van der Waals surface area contributed by atoms with E-state index in [0.717, 1.165) is 17.9 Å². The number of carboxylic acid groups (broad SMARTS) is 1. The molecule has 11 heteroatoms. The molecule has 0 aromatic carbocycles. The van der Waals surface area contributed by atoms with Gasteiger partial charge in [0.2, 0.25) is 5.91 Å². The summed E-state index contributed by atoms with van der Waals surface area (Å²) in [5.41, 5.74) is 0. The Kier molecular flexibility index (Phi) is 33.7. The van der Waals surface area contributed by atoms with Crippen molar-refractivity contribution in [1.82, 2.24) is 10.2 Å². The number of halogens is 3. The summed E-state index contributed by atoms with van der Waals surface area (Å²) < 4.78 is 41.3. The maximum Gasteiger partial charge on any atom is 1.00 e. The monoisotopic (exact) mass is 452 g/mol. The number of rotatable bonds is 2. The summed E-state index contributed by atoms with van der Waals surface area (Å²) in [6.07, 6.45) is 2.85. The topological polar surface area (TPSA) is 98.8 Å². The van der Waals surface area contributed by atoms with Crippen LogP contribution in [0.15, 0.2) is 0 Å². The number of alkyl halides is 3. The molecule has 1 atom stereocenters. The number of terminal acetylenes is 1. The maximum absolute atomic E-state index is 12.3. The van der Waals surface area contributed by atoms with Crippen LogP contribution in [0.4, 0.5) is 18.0 Å². The van der Waals surface area contributed by atoms with Crippen LogP contribution in [0.5, 0.6) is 0 Å². The van der Waals surface area contributed by atoms with E-state index in [2.05, 4.69) is 43.7 Å². The Morgan fingerprint density at radius 2 is 1.66 bits per heavy atom. The fourth-order valence-corrected chi connectivity index (χ4v) is 1.59. The normalized spacial score (nSPS) is 13.8. The van der Waals surface area contributed by atoms with Gasteiger partial charge < -0.3 is 24.9 Å².